The Bertz CT molecular complexity index is 264. The number of hydrogen-bond donors (Lipinski definition) is 2. The lowest BCUT2D eigenvalue weighted by atomic mass is 10.2. The van der Waals surface area contributed by atoms with E-state index in [4.69, 9.17) is 15.6 Å². The van der Waals surface area contributed by atoms with Gasteiger partial charge in [-0.05, 0) is 31.5 Å². The molecule has 0 saturated heterocycles. The van der Waals surface area contributed by atoms with Gasteiger partial charge in [0.05, 0.1) is 6.10 Å². The number of aliphatic hydroxyl groups excluding tert-OH is 1. The third-order valence-electron chi connectivity index (χ3n) is 1.56. The van der Waals surface area contributed by atoms with E-state index in [1.54, 1.807) is 13.0 Å². The topological polar surface area (TPSA) is 55.5 Å². The second-order valence-corrected chi connectivity index (χ2v) is 3.24. The Morgan fingerprint density at radius 2 is 2.15 bits per heavy atom. The fourth-order valence-electron chi connectivity index (χ4n) is 1.08. The standard InChI is InChI=1S/C10H15NO2/c1-7-3-9(11)5-10(4-7)13-6-8(2)12/h3-5,8,12H,6,11H2,1-2H3. The van der Waals surface area contributed by atoms with Crippen molar-refractivity contribution in [3.63, 3.8) is 0 Å². The van der Waals surface area contributed by atoms with Gasteiger partial charge in [-0.1, -0.05) is 0 Å². The molecule has 0 spiro atoms. The number of rotatable bonds is 3. The quantitative estimate of drug-likeness (QED) is 0.692. The van der Waals surface area contributed by atoms with Crippen LogP contribution < -0.4 is 10.5 Å². The summed E-state index contributed by atoms with van der Waals surface area (Å²) < 4.78 is 5.30. The number of ether oxygens (including phenoxy) is 1. The Balaban J connectivity index is 2.66. The van der Waals surface area contributed by atoms with Crippen molar-refractivity contribution in [2.24, 2.45) is 0 Å². The molecule has 0 aromatic heterocycles. The van der Waals surface area contributed by atoms with Crippen LogP contribution in [0.3, 0.4) is 0 Å². The number of aliphatic hydroxyl groups is 1. The second kappa shape index (κ2) is 4.14. The van der Waals surface area contributed by atoms with E-state index in [1.165, 1.54) is 0 Å². The molecule has 0 fully saturated rings. The van der Waals surface area contributed by atoms with E-state index in [-0.39, 0.29) is 0 Å². The number of nitrogen functional groups attached to an aromatic ring is 1. The van der Waals surface area contributed by atoms with Crippen molar-refractivity contribution >= 4 is 5.69 Å². The molecule has 0 radical (unpaired) electrons. The molecule has 72 valence electrons. The summed E-state index contributed by atoms with van der Waals surface area (Å²) in [4.78, 5) is 0. The first-order valence-electron chi connectivity index (χ1n) is 4.26. The van der Waals surface area contributed by atoms with Crippen molar-refractivity contribution in [3.8, 4) is 5.75 Å². The summed E-state index contributed by atoms with van der Waals surface area (Å²) in [7, 11) is 0. The van der Waals surface area contributed by atoms with E-state index >= 15 is 0 Å². The molecule has 3 heteroatoms. The van der Waals surface area contributed by atoms with Gasteiger partial charge in [-0.2, -0.15) is 0 Å². The molecule has 0 aliphatic carbocycles. The molecular weight excluding hydrogens is 166 g/mol. The highest BCUT2D eigenvalue weighted by atomic mass is 16.5. The van der Waals surface area contributed by atoms with Crippen molar-refractivity contribution in [1.82, 2.24) is 0 Å². The number of anilines is 1. The van der Waals surface area contributed by atoms with E-state index in [9.17, 15) is 0 Å². The van der Waals surface area contributed by atoms with Gasteiger partial charge < -0.3 is 15.6 Å². The molecule has 13 heavy (non-hydrogen) atoms. The van der Waals surface area contributed by atoms with Crippen LogP contribution in [0.4, 0.5) is 5.69 Å². The van der Waals surface area contributed by atoms with Crippen LogP contribution in [0, 0.1) is 6.92 Å². The van der Waals surface area contributed by atoms with Gasteiger partial charge in [0.1, 0.15) is 12.4 Å². The molecule has 1 rings (SSSR count). The van der Waals surface area contributed by atoms with Gasteiger partial charge in [0.25, 0.3) is 0 Å². The Morgan fingerprint density at radius 1 is 1.46 bits per heavy atom. The van der Waals surface area contributed by atoms with Gasteiger partial charge in [-0.3, -0.25) is 0 Å². The van der Waals surface area contributed by atoms with Gasteiger partial charge in [0.15, 0.2) is 0 Å². The van der Waals surface area contributed by atoms with Crippen molar-refractivity contribution in [2.45, 2.75) is 20.0 Å². The maximum atomic E-state index is 9.00. The van der Waals surface area contributed by atoms with Crippen LogP contribution in [-0.2, 0) is 0 Å². The largest absolute Gasteiger partial charge is 0.491 e. The normalized spacial score (nSPS) is 12.5. The summed E-state index contributed by atoms with van der Waals surface area (Å²) in [5, 5.41) is 9.00. The molecule has 0 heterocycles. The highest BCUT2D eigenvalue weighted by molar-refractivity contribution is 5.47. The fourth-order valence-corrected chi connectivity index (χ4v) is 1.08. The number of nitrogens with two attached hydrogens (primary N) is 1. The predicted octanol–water partition coefficient (Wildman–Crippen LogP) is 1.34. The highest BCUT2D eigenvalue weighted by Crippen LogP contribution is 2.18. The smallest absolute Gasteiger partial charge is 0.121 e. The minimum Gasteiger partial charge on any atom is -0.491 e. The van der Waals surface area contributed by atoms with Gasteiger partial charge in [-0.25, -0.2) is 0 Å². The van der Waals surface area contributed by atoms with Crippen molar-refractivity contribution in [3.05, 3.63) is 23.8 Å². The minimum absolute atomic E-state index is 0.295. The second-order valence-electron chi connectivity index (χ2n) is 3.24. The lowest BCUT2D eigenvalue weighted by Crippen LogP contribution is -2.12. The van der Waals surface area contributed by atoms with Crippen LogP contribution in [0.1, 0.15) is 12.5 Å². The van der Waals surface area contributed by atoms with Crippen LogP contribution in [0.2, 0.25) is 0 Å². The summed E-state index contributed by atoms with van der Waals surface area (Å²) in [6, 6.07) is 5.50. The van der Waals surface area contributed by atoms with E-state index in [0.29, 0.717) is 18.0 Å². The molecule has 1 unspecified atom stereocenters. The van der Waals surface area contributed by atoms with E-state index in [0.717, 1.165) is 5.56 Å². The first-order chi connectivity index (χ1) is 6.08. The molecule has 0 amide bonds. The first kappa shape index (κ1) is 9.86. The Hall–Kier alpha value is -1.22. The molecule has 0 aliphatic rings. The van der Waals surface area contributed by atoms with Crippen LogP contribution in [0.25, 0.3) is 0 Å². The molecule has 1 atom stereocenters. The van der Waals surface area contributed by atoms with Gasteiger partial charge in [-0.15, -0.1) is 0 Å². The predicted molar refractivity (Wildman–Crippen MR) is 52.8 cm³/mol. The molecule has 3 nitrogen and oxygen atoms in total. The summed E-state index contributed by atoms with van der Waals surface area (Å²) in [5.74, 6) is 0.707. The lowest BCUT2D eigenvalue weighted by molar-refractivity contribution is 0.123. The van der Waals surface area contributed by atoms with E-state index in [2.05, 4.69) is 0 Å². The zero-order valence-corrected chi connectivity index (χ0v) is 7.95. The third kappa shape index (κ3) is 3.34. The van der Waals surface area contributed by atoms with Crippen molar-refractivity contribution in [1.29, 1.82) is 0 Å². The van der Waals surface area contributed by atoms with Crippen molar-refractivity contribution < 1.29 is 9.84 Å². The monoisotopic (exact) mass is 181 g/mol. The van der Waals surface area contributed by atoms with Crippen LogP contribution in [-0.4, -0.2) is 17.8 Å². The number of benzene rings is 1. The fraction of sp³-hybridized carbons (Fsp3) is 0.400. The Kier molecular flexibility index (Phi) is 3.14. The summed E-state index contributed by atoms with van der Waals surface area (Å²) >= 11 is 0. The maximum absolute atomic E-state index is 9.00. The SMILES string of the molecule is Cc1cc(N)cc(OCC(C)O)c1. The van der Waals surface area contributed by atoms with Crippen LogP contribution in [0.5, 0.6) is 5.75 Å². The van der Waals surface area contributed by atoms with Gasteiger partial charge >= 0.3 is 0 Å². The van der Waals surface area contributed by atoms with Gasteiger partial charge in [0, 0.05) is 11.8 Å². The van der Waals surface area contributed by atoms with Crippen LogP contribution in [0.15, 0.2) is 18.2 Å². The first-order valence-corrected chi connectivity index (χ1v) is 4.26. The lowest BCUT2D eigenvalue weighted by Gasteiger charge is -2.09. The average molecular weight is 181 g/mol. The van der Waals surface area contributed by atoms with E-state index < -0.39 is 6.10 Å². The Morgan fingerprint density at radius 3 is 2.69 bits per heavy atom. The summed E-state index contributed by atoms with van der Waals surface area (Å²) in [5.41, 5.74) is 7.36. The molecule has 1 aromatic carbocycles. The number of hydrogen-bond acceptors (Lipinski definition) is 3. The molecule has 1 aromatic rings. The molecule has 0 aliphatic heterocycles. The number of aryl methyl sites for hydroxylation is 1. The summed E-state index contributed by atoms with van der Waals surface area (Å²) in [6.07, 6.45) is -0.457. The third-order valence-corrected chi connectivity index (χ3v) is 1.56. The summed E-state index contributed by atoms with van der Waals surface area (Å²) in [6.45, 7) is 3.92. The highest BCUT2D eigenvalue weighted by Gasteiger charge is 1.99. The Labute approximate surface area is 78.1 Å². The van der Waals surface area contributed by atoms with E-state index in [1.807, 2.05) is 19.1 Å². The molecule has 0 bridgehead atoms. The van der Waals surface area contributed by atoms with Crippen LogP contribution >= 0.6 is 0 Å². The molecule has 3 N–H and O–H groups in total. The zero-order valence-electron chi connectivity index (χ0n) is 7.95. The van der Waals surface area contributed by atoms with Crippen molar-refractivity contribution in [2.75, 3.05) is 12.3 Å². The molecule has 0 saturated carbocycles. The van der Waals surface area contributed by atoms with Gasteiger partial charge in [0.2, 0.25) is 0 Å². The zero-order chi connectivity index (χ0) is 9.84. The maximum Gasteiger partial charge on any atom is 0.121 e. The average Bonchev–Trinajstić information content (AvgIpc) is 1.99. The molecular formula is C10H15NO2. The minimum atomic E-state index is -0.457.